The zero-order valence-corrected chi connectivity index (χ0v) is 43.1. The molecule has 3 aliphatic rings. The molecule has 0 fully saturated rings. The van der Waals surface area contributed by atoms with Crippen molar-refractivity contribution in [3.05, 3.63) is 301 Å². The minimum Gasteiger partial charge on any atom is -0.264 e. The van der Waals surface area contributed by atoms with Gasteiger partial charge in [-0.3, -0.25) is 9.97 Å². The maximum atomic E-state index is 5.26. The summed E-state index contributed by atoms with van der Waals surface area (Å²) in [6.07, 6.45) is 7.34. The predicted octanol–water partition coefficient (Wildman–Crippen LogP) is 16.5. The van der Waals surface area contributed by atoms with Crippen LogP contribution in [0.15, 0.2) is 267 Å². The zero-order valence-electron chi connectivity index (χ0n) is 43.1. The second-order valence-corrected chi connectivity index (χ2v) is 20.3. The molecule has 16 rings (SSSR count). The van der Waals surface area contributed by atoms with Crippen LogP contribution in [0.2, 0.25) is 0 Å². The third-order valence-electron chi connectivity index (χ3n) is 15.6. The van der Waals surface area contributed by atoms with E-state index in [1.165, 1.54) is 33.4 Å². The highest BCUT2D eigenvalue weighted by Crippen LogP contribution is 2.57. The Morgan fingerprint density at radius 1 is 0.200 bits per heavy atom. The summed E-state index contributed by atoms with van der Waals surface area (Å²) in [5.74, 6) is 3.71. The van der Waals surface area contributed by atoms with E-state index in [2.05, 4.69) is 192 Å². The predicted molar refractivity (Wildman–Crippen MR) is 318 cm³/mol. The smallest absolute Gasteiger partial charge is 0.164 e. The van der Waals surface area contributed by atoms with Crippen LogP contribution in [0.5, 0.6) is 0 Å². The lowest BCUT2D eigenvalue weighted by Crippen LogP contribution is -2.27. The molecule has 4 aromatic heterocycles. The van der Waals surface area contributed by atoms with Crippen LogP contribution in [0.1, 0.15) is 45.2 Å². The first-order chi connectivity index (χ1) is 39.6. The van der Waals surface area contributed by atoms with Gasteiger partial charge in [-0.05, 0) is 103 Å². The summed E-state index contributed by atoms with van der Waals surface area (Å²) in [6.45, 7) is 0. The summed E-state index contributed by atoms with van der Waals surface area (Å²) in [5, 5.41) is 0. The van der Waals surface area contributed by atoms with Crippen molar-refractivity contribution in [2.75, 3.05) is 0 Å². The molecule has 4 heterocycles. The van der Waals surface area contributed by atoms with Crippen molar-refractivity contribution in [2.24, 2.45) is 0 Å². The van der Waals surface area contributed by atoms with Gasteiger partial charge >= 0.3 is 0 Å². The van der Waals surface area contributed by atoms with Gasteiger partial charge < -0.3 is 0 Å². The van der Waals surface area contributed by atoms with E-state index in [4.69, 9.17) is 29.9 Å². The molecule has 0 saturated carbocycles. The number of nitrogens with zero attached hydrogens (tertiary/aromatic N) is 8. The molecule has 0 aliphatic heterocycles. The highest BCUT2D eigenvalue weighted by molar-refractivity contribution is 5.86. The van der Waals surface area contributed by atoms with Crippen molar-refractivity contribution >= 4 is 0 Å². The zero-order chi connectivity index (χ0) is 52.9. The van der Waals surface area contributed by atoms with Crippen molar-refractivity contribution in [3.8, 4) is 113 Å². The molecular weight excluding hydrogens is 977 g/mol. The van der Waals surface area contributed by atoms with Crippen LogP contribution >= 0.6 is 0 Å². The normalized spacial score (nSPS) is 13.8. The van der Waals surface area contributed by atoms with Gasteiger partial charge in [-0.25, -0.2) is 29.9 Å². The summed E-state index contributed by atoms with van der Waals surface area (Å²) in [6, 6.07) is 85.1. The topological polar surface area (TPSA) is 103 Å². The molecule has 80 heavy (non-hydrogen) atoms. The molecule has 0 N–H and O–H groups in total. The van der Waals surface area contributed by atoms with Crippen molar-refractivity contribution < 1.29 is 0 Å². The Labute approximate surface area is 463 Å². The number of hydrogen-bond donors (Lipinski definition) is 0. The first kappa shape index (κ1) is 46.6. The largest absolute Gasteiger partial charge is 0.264 e. The number of pyridine rings is 2. The third kappa shape index (κ3) is 8.34. The van der Waals surface area contributed by atoms with E-state index in [1.807, 2.05) is 73.1 Å². The highest BCUT2D eigenvalue weighted by atomic mass is 15.0. The standard InChI is InChI=1S/C72H46N8/c1-3-17-45(18-4-1)67-75-69(51-23-13-21-47(39-51)53-25-15-37-73-43-53)79-71(77-67)61-31-11-7-27-55(61)49-33-35-59-63(41-49)65-57-29-9-10-30-58(57)66(59)64-42-50(34-36-60(64)65)56-28-8-12-32-62(56)72-78-68(46-19-5-2-6-20-46)76-70(80-72)52-24-14-22-48(40-52)54-26-16-38-74-44-54/h1-44,65-66H. The van der Waals surface area contributed by atoms with Gasteiger partial charge in [0, 0.05) is 81.1 Å². The lowest BCUT2D eigenvalue weighted by Gasteiger charge is -2.42. The van der Waals surface area contributed by atoms with E-state index < -0.39 is 0 Å². The van der Waals surface area contributed by atoms with Gasteiger partial charge in [0.25, 0.3) is 0 Å². The molecule has 0 spiro atoms. The molecule has 374 valence electrons. The van der Waals surface area contributed by atoms with E-state index in [-0.39, 0.29) is 11.8 Å². The second-order valence-electron chi connectivity index (χ2n) is 20.3. The SMILES string of the molecule is c1ccc(-c2nc(-c3cccc(-c4cccnc4)c3)nc(-c3ccccc3-c3ccc4c(c3)C3c5ccccc5C4c4cc(-c5ccccc5-c5nc(-c6ccccc6)nc(-c6cccc(-c7cccnc7)c6)n5)ccc43)n2)cc1. The molecule has 2 bridgehead atoms. The molecule has 3 aliphatic carbocycles. The van der Waals surface area contributed by atoms with Crippen molar-refractivity contribution in [1.29, 1.82) is 0 Å². The van der Waals surface area contributed by atoms with Gasteiger partial charge in [0.2, 0.25) is 0 Å². The van der Waals surface area contributed by atoms with E-state index in [1.54, 1.807) is 12.4 Å². The molecule has 8 heteroatoms. The Balaban J connectivity index is 0.822. The van der Waals surface area contributed by atoms with Gasteiger partial charge in [0.1, 0.15) is 0 Å². The van der Waals surface area contributed by atoms with Crippen LogP contribution in [0, 0.1) is 0 Å². The maximum absolute atomic E-state index is 5.26. The Kier molecular flexibility index (Phi) is 11.5. The monoisotopic (exact) mass is 1020 g/mol. The average Bonchev–Trinajstić information content (AvgIpc) is 3.66. The minimum atomic E-state index is 0.0279. The molecule has 0 radical (unpaired) electrons. The van der Waals surface area contributed by atoms with E-state index in [0.29, 0.717) is 34.9 Å². The van der Waals surface area contributed by atoms with Crippen molar-refractivity contribution in [1.82, 2.24) is 39.9 Å². The summed E-state index contributed by atoms with van der Waals surface area (Å²) >= 11 is 0. The lowest BCUT2D eigenvalue weighted by molar-refractivity contribution is 0.755. The van der Waals surface area contributed by atoms with Gasteiger partial charge in [-0.2, -0.15) is 0 Å². The fourth-order valence-corrected chi connectivity index (χ4v) is 11.8. The number of benzene rings is 9. The van der Waals surface area contributed by atoms with Crippen LogP contribution < -0.4 is 0 Å². The Morgan fingerprint density at radius 3 is 0.963 bits per heavy atom. The summed E-state index contributed by atoms with van der Waals surface area (Å²) in [7, 11) is 0. The third-order valence-corrected chi connectivity index (χ3v) is 15.6. The molecule has 2 unspecified atom stereocenters. The molecule has 0 saturated heterocycles. The molecule has 13 aromatic rings. The van der Waals surface area contributed by atoms with Crippen molar-refractivity contribution in [3.63, 3.8) is 0 Å². The molecular formula is C72H46N8. The number of hydrogen-bond acceptors (Lipinski definition) is 8. The number of aromatic nitrogens is 8. The van der Waals surface area contributed by atoms with E-state index in [0.717, 1.165) is 77.9 Å². The highest BCUT2D eigenvalue weighted by Gasteiger charge is 2.41. The van der Waals surface area contributed by atoms with Gasteiger partial charge in [-0.15, -0.1) is 0 Å². The Morgan fingerprint density at radius 2 is 0.537 bits per heavy atom. The van der Waals surface area contributed by atoms with Crippen LogP contribution in [-0.2, 0) is 0 Å². The van der Waals surface area contributed by atoms with Gasteiger partial charge in [-0.1, -0.05) is 206 Å². The average molecular weight is 1020 g/mol. The summed E-state index contributed by atoms with van der Waals surface area (Å²) < 4.78 is 0. The second kappa shape index (κ2) is 19.7. The molecule has 9 aromatic carbocycles. The van der Waals surface area contributed by atoms with Crippen LogP contribution in [0.3, 0.4) is 0 Å². The summed E-state index contributed by atoms with van der Waals surface area (Å²) in [5.41, 5.74) is 21.9. The van der Waals surface area contributed by atoms with Gasteiger partial charge in [0.15, 0.2) is 34.9 Å². The first-order valence-electron chi connectivity index (χ1n) is 26.9. The quantitative estimate of drug-likeness (QED) is 0.133. The van der Waals surface area contributed by atoms with Crippen molar-refractivity contribution in [2.45, 2.75) is 11.8 Å². The van der Waals surface area contributed by atoms with Crippen LogP contribution in [-0.4, -0.2) is 39.9 Å². The Bertz CT molecular complexity index is 4200. The molecule has 8 nitrogen and oxygen atoms in total. The number of rotatable bonds is 10. The lowest BCUT2D eigenvalue weighted by atomic mass is 9.60. The first-order valence-corrected chi connectivity index (χ1v) is 26.9. The Hall–Kier alpha value is -10.7. The minimum absolute atomic E-state index is 0.0279. The maximum Gasteiger partial charge on any atom is 0.164 e. The molecule has 0 amide bonds. The van der Waals surface area contributed by atoms with Crippen LogP contribution in [0.4, 0.5) is 0 Å². The van der Waals surface area contributed by atoms with Gasteiger partial charge in [0.05, 0.1) is 0 Å². The fourth-order valence-electron chi connectivity index (χ4n) is 11.8. The molecule has 2 atom stereocenters. The van der Waals surface area contributed by atoms with Crippen LogP contribution in [0.25, 0.3) is 113 Å². The van der Waals surface area contributed by atoms with E-state index >= 15 is 0 Å². The fraction of sp³-hybridized carbons (Fsp3) is 0.0278. The van der Waals surface area contributed by atoms with E-state index in [9.17, 15) is 0 Å². The summed E-state index contributed by atoms with van der Waals surface area (Å²) in [4.78, 5) is 39.9.